The third kappa shape index (κ3) is 3.45. The van der Waals surface area contributed by atoms with Crippen molar-refractivity contribution in [3.05, 3.63) is 35.9 Å². The second-order valence-electron chi connectivity index (χ2n) is 4.12. The molecular weight excluding hydrogens is 252 g/mol. The van der Waals surface area contributed by atoms with E-state index in [9.17, 15) is 4.79 Å². The van der Waals surface area contributed by atoms with E-state index < -0.39 is 0 Å². The van der Waals surface area contributed by atoms with Crippen molar-refractivity contribution in [2.45, 2.75) is 6.04 Å². The Bertz CT molecular complexity index is 367. The van der Waals surface area contributed by atoms with Crippen LogP contribution in [-0.2, 0) is 9.53 Å². The molecule has 4 nitrogen and oxygen atoms in total. The average Bonchev–Trinajstić information content (AvgIpc) is 2.41. The van der Waals surface area contributed by atoms with E-state index in [1.54, 1.807) is 0 Å². The highest BCUT2D eigenvalue weighted by molar-refractivity contribution is 5.85. The lowest BCUT2D eigenvalue weighted by Crippen LogP contribution is -2.47. The summed E-state index contributed by atoms with van der Waals surface area (Å²) in [6.07, 6.45) is 0. The summed E-state index contributed by atoms with van der Waals surface area (Å²) in [5.74, 6) is -0.182. The summed E-state index contributed by atoms with van der Waals surface area (Å²) in [5, 5.41) is 3.28. The maximum atomic E-state index is 11.9. The predicted octanol–water partition coefficient (Wildman–Crippen LogP) is 1.23. The van der Waals surface area contributed by atoms with Gasteiger partial charge in [0.05, 0.1) is 7.11 Å². The van der Waals surface area contributed by atoms with Gasteiger partial charge >= 0.3 is 5.97 Å². The Labute approximate surface area is 114 Å². The second-order valence-corrected chi connectivity index (χ2v) is 4.12. The fourth-order valence-electron chi connectivity index (χ4n) is 2.18. The number of methoxy groups -OCH3 is 1. The lowest BCUT2D eigenvalue weighted by molar-refractivity contribution is -0.147. The molecule has 100 valence electrons. The molecule has 1 atom stereocenters. The van der Waals surface area contributed by atoms with E-state index in [0.717, 1.165) is 31.7 Å². The number of piperazine rings is 1. The third-order valence-electron chi connectivity index (χ3n) is 3.06. The first-order valence-electron chi connectivity index (χ1n) is 5.90. The highest BCUT2D eigenvalue weighted by atomic mass is 35.5. The average molecular weight is 271 g/mol. The molecule has 1 aliphatic rings. The van der Waals surface area contributed by atoms with Crippen LogP contribution in [0, 0.1) is 0 Å². The molecule has 1 fully saturated rings. The number of carbonyl (C=O) groups excluding carboxylic acids is 1. The molecule has 0 bridgehead atoms. The van der Waals surface area contributed by atoms with Gasteiger partial charge in [-0.3, -0.25) is 4.90 Å². The highest BCUT2D eigenvalue weighted by Crippen LogP contribution is 2.22. The number of carbonyl (C=O) groups is 1. The molecule has 5 heteroatoms. The molecule has 1 N–H and O–H groups in total. The number of hydrogen-bond acceptors (Lipinski definition) is 4. The molecule has 1 aromatic rings. The summed E-state index contributed by atoms with van der Waals surface area (Å²) in [5.41, 5.74) is 1.00. The number of ether oxygens (including phenoxy) is 1. The van der Waals surface area contributed by atoms with Crippen LogP contribution in [-0.4, -0.2) is 44.2 Å². The van der Waals surface area contributed by atoms with Crippen molar-refractivity contribution in [2.24, 2.45) is 0 Å². The monoisotopic (exact) mass is 270 g/mol. The van der Waals surface area contributed by atoms with E-state index in [0.29, 0.717) is 0 Å². The van der Waals surface area contributed by atoms with E-state index in [4.69, 9.17) is 4.74 Å². The highest BCUT2D eigenvalue weighted by Gasteiger charge is 2.29. The Morgan fingerprint density at radius 1 is 1.28 bits per heavy atom. The smallest absolute Gasteiger partial charge is 0.327 e. The summed E-state index contributed by atoms with van der Waals surface area (Å²) < 4.78 is 4.92. The lowest BCUT2D eigenvalue weighted by atomic mass is 10.0. The van der Waals surface area contributed by atoms with Gasteiger partial charge in [-0.2, -0.15) is 0 Å². The van der Waals surface area contributed by atoms with Crippen LogP contribution in [0.1, 0.15) is 11.6 Å². The SMILES string of the molecule is COC(=O)C(c1ccccc1)N1CCNCC1.Cl. The Kier molecular flexibility index (Phi) is 6.12. The molecule has 0 radical (unpaired) electrons. The molecule has 0 spiro atoms. The Morgan fingerprint density at radius 3 is 2.44 bits per heavy atom. The molecule has 1 saturated heterocycles. The van der Waals surface area contributed by atoms with Crippen LogP contribution >= 0.6 is 12.4 Å². The van der Waals surface area contributed by atoms with Gasteiger partial charge in [-0.1, -0.05) is 30.3 Å². The quantitative estimate of drug-likeness (QED) is 0.839. The Morgan fingerprint density at radius 2 is 1.89 bits per heavy atom. The topological polar surface area (TPSA) is 41.6 Å². The molecule has 18 heavy (non-hydrogen) atoms. The largest absolute Gasteiger partial charge is 0.468 e. The first-order chi connectivity index (χ1) is 8.33. The molecule has 0 aromatic heterocycles. The maximum Gasteiger partial charge on any atom is 0.327 e. The number of nitrogens with one attached hydrogen (secondary N) is 1. The van der Waals surface area contributed by atoms with E-state index in [-0.39, 0.29) is 24.4 Å². The number of halogens is 1. The molecule has 1 aliphatic heterocycles. The van der Waals surface area contributed by atoms with E-state index >= 15 is 0 Å². The number of nitrogens with zero attached hydrogens (tertiary/aromatic N) is 1. The summed E-state index contributed by atoms with van der Waals surface area (Å²) in [6.45, 7) is 3.57. The van der Waals surface area contributed by atoms with Crippen molar-refractivity contribution in [2.75, 3.05) is 33.3 Å². The van der Waals surface area contributed by atoms with Crippen LogP contribution in [0.3, 0.4) is 0 Å². The minimum Gasteiger partial charge on any atom is -0.468 e. The minimum atomic E-state index is -0.275. The minimum absolute atomic E-state index is 0. The summed E-state index contributed by atoms with van der Waals surface area (Å²) >= 11 is 0. The first-order valence-corrected chi connectivity index (χ1v) is 5.90. The van der Waals surface area contributed by atoms with Crippen molar-refractivity contribution >= 4 is 18.4 Å². The zero-order valence-electron chi connectivity index (χ0n) is 10.5. The van der Waals surface area contributed by atoms with Crippen molar-refractivity contribution < 1.29 is 9.53 Å². The number of rotatable bonds is 3. The predicted molar refractivity (Wildman–Crippen MR) is 72.9 cm³/mol. The van der Waals surface area contributed by atoms with Gasteiger partial charge in [0.15, 0.2) is 0 Å². The van der Waals surface area contributed by atoms with Gasteiger partial charge in [0, 0.05) is 26.2 Å². The normalized spacial score (nSPS) is 17.6. The summed E-state index contributed by atoms with van der Waals surface area (Å²) in [7, 11) is 1.44. The fraction of sp³-hybridized carbons (Fsp3) is 0.462. The third-order valence-corrected chi connectivity index (χ3v) is 3.06. The van der Waals surface area contributed by atoms with Crippen LogP contribution in [0.4, 0.5) is 0 Å². The molecule has 2 rings (SSSR count). The molecule has 1 heterocycles. The van der Waals surface area contributed by atoms with Crippen molar-refractivity contribution in [3.63, 3.8) is 0 Å². The molecular formula is C13H19ClN2O2. The van der Waals surface area contributed by atoms with Crippen molar-refractivity contribution in [1.29, 1.82) is 0 Å². The second kappa shape index (κ2) is 7.36. The van der Waals surface area contributed by atoms with Crippen LogP contribution in [0.5, 0.6) is 0 Å². The fourth-order valence-corrected chi connectivity index (χ4v) is 2.18. The Hall–Kier alpha value is -1.10. The van der Waals surface area contributed by atoms with E-state index in [1.165, 1.54) is 7.11 Å². The van der Waals surface area contributed by atoms with E-state index in [2.05, 4.69) is 10.2 Å². The van der Waals surface area contributed by atoms with Gasteiger partial charge < -0.3 is 10.1 Å². The van der Waals surface area contributed by atoms with Gasteiger partial charge in [0.1, 0.15) is 6.04 Å². The molecule has 1 unspecified atom stereocenters. The summed E-state index contributed by atoms with van der Waals surface area (Å²) in [4.78, 5) is 14.1. The number of hydrogen-bond donors (Lipinski definition) is 1. The van der Waals surface area contributed by atoms with Crippen LogP contribution in [0.15, 0.2) is 30.3 Å². The first kappa shape index (κ1) is 15.0. The number of benzene rings is 1. The van der Waals surface area contributed by atoms with Gasteiger partial charge in [0.25, 0.3) is 0 Å². The van der Waals surface area contributed by atoms with Gasteiger partial charge in [-0.05, 0) is 5.56 Å². The van der Waals surface area contributed by atoms with Gasteiger partial charge in [-0.15, -0.1) is 12.4 Å². The van der Waals surface area contributed by atoms with Crippen molar-refractivity contribution in [3.8, 4) is 0 Å². The zero-order chi connectivity index (χ0) is 12.1. The Balaban J connectivity index is 0.00000162. The lowest BCUT2D eigenvalue weighted by Gasteiger charge is -2.33. The van der Waals surface area contributed by atoms with Crippen LogP contribution in [0.2, 0.25) is 0 Å². The number of esters is 1. The van der Waals surface area contributed by atoms with Crippen molar-refractivity contribution in [1.82, 2.24) is 10.2 Å². The zero-order valence-corrected chi connectivity index (χ0v) is 11.3. The van der Waals surface area contributed by atoms with Gasteiger partial charge in [0.2, 0.25) is 0 Å². The van der Waals surface area contributed by atoms with Gasteiger partial charge in [-0.25, -0.2) is 4.79 Å². The van der Waals surface area contributed by atoms with Crippen LogP contribution < -0.4 is 5.32 Å². The van der Waals surface area contributed by atoms with E-state index in [1.807, 2.05) is 30.3 Å². The maximum absolute atomic E-state index is 11.9. The molecule has 0 amide bonds. The van der Waals surface area contributed by atoms with Crippen LogP contribution in [0.25, 0.3) is 0 Å². The molecule has 0 aliphatic carbocycles. The molecule has 0 saturated carbocycles. The summed E-state index contributed by atoms with van der Waals surface area (Å²) in [6, 6.07) is 9.53. The molecule has 1 aromatic carbocycles. The standard InChI is InChI=1S/C13H18N2O2.ClH/c1-17-13(16)12(11-5-3-2-4-6-11)15-9-7-14-8-10-15;/h2-6,12,14H,7-10H2,1H3;1H.